The van der Waals surface area contributed by atoms with Crippen LogP contribution in [0, 0.1) is 0 Å². The van der Waals surface area contributed by atoms with Crippen molar-refractivity contribution in [3.8, 4) is 0 Å². The minimum Gasteiger partial charge on any atom is -0.348 e. The smallest absolute Gasteiger partial charge is 0.272 e. The molecule has 0 radical (unpaired) electrons. The zero-order valence-electron chi connectivity index (χ0n) is 21.6. The van der Waals surface area contributed by atoms with Gasteiger partial charge in [0.15, 0.2) is 5.69 Å². The molecule has 1 unspecified atom stereocenters. The van der Waals surface area contributed by atoms with E-state index in [0.717, 1.165) is 56.3 Å². The highest BCUT2D eigenvalue weighted by molar-refractivity contribution is 6.05. The normalized spacial score (nSPS) is 26.9. The van der Waals surface area contributed by atoms with E-state index in [-0.39, 0.29) is 23.9 Å². The van der Waals surface area contributed by atoms with Crippen LogP contribution in [0.2, 0.25) is 0 Å². The van der Waals surface area contributed by atoms with Crippen LogP contribution in [0.4, 0.5) is 0 Å². The standard InChI is InChI=1S/C27H40N6O2/c1-18(2)33-25-8-6-5-7-24(25)26(29-33)27(35)28-20-15-21-9-10-22(16-20)32(21)14-13-30(4)23-11-12-31(17-23)19(3)34/h5-8,18,20-23H,9-17H2,1-4H3,(H,28,35)/t20?,21-,22+,23-/m1/s1. The molecule has 1 aromatic carbocycles. The summed E-state index contributed by atoms with van der Waals surface area (Å²) in [6, 6.07) is 9.96. The highest BCUT2D eigenvalue weighted by atomic mass is 16.2. The molecule has 35 heavy (non-hydrogen) atoms. The Morgan fingerprint density at radius 2 is 1.86 bits per heavy atom. The molecule has 1 aromatic heterocycles. The minimum absolute atomic E-state index is 0.0468. The van der Waals surface area contributed by atoms with Gasteiger partial charge in [-0.05, 0) is 59.1 Å². The van der Waals surface area contributed by atoms with Crippen molar-refractivity contribution in [2.45, 2.75) is 83.1 Å². The van der Waals surface area contributed by atoms with Crippen molar-refractivity contribution in [1.82, 2.24) is 29.8 Å². The first kappa shape index (κ1) is 24.3. The summed E-state index contributed by atoms with van der Waals surface area (Å²) >= 11 is 0. The van der Waals surface area contributed by atoms with E-state index in [0.29, 0.717) is 23.8 Å². The molecule has 3 aliphatic rings. The van der Waals surface area contributed by atoms with Gasteiger partial charge >= 0.3 is 0 Å². The molecule has 8 heteroatoms. The van der Waals surface area contributed by atoms with Gasteiger partial charge in [-0.1, -0.05) is 18.2 Å². The number of carbonyl (C=O) groups is 2. The molecule has 0 spiro atoms. The van der Waals surface area contributed by atoms with Crippen molar-refractivity contribution in [1.29, 1.82) is 0 Å². The number of hydrogen-bond donors (Lipinski definition) is 1. The second kappa shape index (κ2) is 9.90. The monoisotopic (exact) mass is 480 g/mol. The number of amides is 2. The van der Waals surface area contributed by atoms with Crippen molar-refractivity contribution in [2.75, 3.05) is 33.2 Å². The molecule has 4 atom stereocenters. The Morgan fingerprint density at radius 3 is 2.51 bits per heavy atom. The molecule has 2 bridgehead atoms. The summed E-state index contributed by atoms with van der Waals surface area (Å²) in [6.07, 6.45) is 5.52. The summed E-state index contributed by atoms with van der Waals surface area (Å²) < 4.78 is 1.95. The lowest BCUT2D eigenvalue weighted by Crippen LogP contribution is -2.52. The third-order valence-electron chi connectivity index (χ3n) is 8.48. The number of para-hydroxylation sites is 1. The number of aromatic nitrogens is 2. The van der Waals surface area contributed by atoms with Gasteiger partial charge in [0.25, 0.3) is 5.91 Å². The molecular formula is C27H40N6O2. The van der Waals surface area contributed by atoms with Gasteiger partial charge in [0.2, 0.25) is 5.91 Å². The van der Waals surface area contributed by atoms with Gasteiger partial charge in [-0.15, -0.1) is 0 Å². The van der Waals surface area contributed by atoms with Crippen molar-refractivity contribution in [2.24, 2.45) is 0 Å². The fraction of sp³-hybridized carbons (Fsp3) is 0.667. The maximum atomic E-state index is 13.3. The summed E-state index contributed by atoms with van der Waals surface area (Å²) in [5.41, 5.74) is 1.56. The SMILES string of the molecule is CC(=O)N1CC[C@@H](N(C)CCN2[C@@H]3CC[C@H]2CC(NC(=O)c2nn(C(C)C)c4ccccc24)C3)C1. The van der Waals surface area contributed by atoms with E-state index in [1.807, 2.05) is 33.8 Å². The second-order valence-corrected chi connectivity index (χ2v) is 11.1. The summed E-state index contributed by atoms with van der Waals surface area (Å²) in [7, 11) is 2.20. The van der Waals surface area contributed by atoms with Gasteiger partial charge in [0, 0.05) is 68.7 Å². The molecule has 0 aliphatic carbocycles. The Labute approximate surface area is 208 Å². The molecule has 2 aromatic rings. The molecule has 8 nitrogen and oxygen atoms in total. The van der Waals surface area contributed by atoms with E-state index >= 15 is 0 Å². The van der Waals surface area contributed by atoms with Gasteiger partial charge in [-0.25, -0.2) is 0 Å². The van der Waals surface area contributed by atoms with E-state index in [1.165, 1.54) is 12.8 Å². The molecule has 2 amide bonds. The van der Waals surface area contributed by atoms with Crippen LogP contribution in [-0.4, -0.2) is 93.7 Å². The van der Waals surface area contributed by atoms with Crippen molar-refractivity contribution in [3.05, 3.63) is 30.0 Å². The zero-order valence-corrected chi connectivity index (χ0v) is 21.6. The third-order valence-corrected chi connectivity index (χ3v) is 8.48. The number of fused-ring (bicyclic) bond motifs is 3. The van der Waals surface area contributed by atoms with Crippen molar-refractivity contribution in [3.63, 3.8) is 0 Å². The molecule has 5 rings (SSSR count). The van der Waals surface area contributed by atoms with Crippen LogP contribution in [0.5, 0.6) is 0 Å². The van der Waals surface area contributed by atoms with Crippen molar-refractivity contribution < 1.29 is 9.59 Å². The van der Waals surface area contributed by atoms with Crippen molar-refractivity contribution >= 4 is 22.7 Å². The number of carbonyl (C=O) groups excluding carboxylic acids is 2. The van der Waals surface area contributed by atoms with Gasteiger partial charge in [0.1, 0.15) is 0 Å². The minimum atomic E-state index is -0.0468. The molecule has 4 heterocycles. The highest BCUT2D eigenvalue weighted by Gasteiger charge is 2.41. The Kier molecular flexibility index (Phi) is 6.86. The molecule has 3 aliphatic heterocycles. The fourth-order valence-corrected chi connectivity index (χ4v) is 6.50. The molecule has 0 saturated carbocycles. The summed E-state index contributed by atoms with van der Waals surface area (Å²) in [5, 5.41) is 8.95. The lowest BCUT2D eigenvalue weighted by molar-refractivity contribution is -0.127. The first-order valence-corrected chi connectivity index (χ1v) is 13.3. The van der Waals surface area contributed by atoms with Crippen LogP contribution < -0.4 is 5.32 Å². The van der Waals surface area contributed by atoms with Gasteiger partial charge in [-0.3, -0.25) is 19.2 Å². The van der Waals surface area contributed by atoms with E-state index < -0.39 is 0 Å². The lowest BCUT2D eigenvalue weighted by atomic mass is 9.97. The average molecular weight is 481 g/mol. The third kappa shape index (κ3) is 4.83. The van der Waals surface area contributed by atoms with Crippen LogP contribution in [0.15, 0.2) is 24.3 Å². The predicted octanol–water partition coefficient (Wildman–Crippen LogP) is 2.90. The molecule has 190 valence electrons. The Bertz CT molecular complexity index is 1070. The van der Waals surface area contributed by atoms with Crippen LogP contribution >= 0.6 is 0 Å². The Morgan fingerprint density at radius 1 is 1.14 bits per heavy atom. The predicted molar refractivity (Wildman–Crippen MR) is 137 cm³/mol. The number of benzene rings is 1. The fourth-order valence-electron chi connectivity index (χ4n) is 6.50. The van der Waals surface area contributed by atoms with Gasteiger partial charge in [-0.2, -0.15) is 5.10 Å². The van der Waals surface area contributed by atoms with E-state index in [9.17, 15) is 9.59 Å². The average Bonchev–Trinajstić information content (AvgIpc) is 3.52. The number of piperidine rings is 1. The largest absolute Gasteiger partial charge is 0.348 e. The number of likely N-dealkylation sites (tertiary alicyclic amines) is 1. The Balaban J connectivity index is 1.17. The number of nitrogens with one attached hydrogen (secondary N) is 1. The van der Waals surface area contributed by atoms with E-state index in [4.69, 9.17) is 0 Å². The molecule has 1 N–H and O–H groups in total. The number of hydrogen-bond acceptors (Lipinski definition) is 5. The summed E-state index contributed by atoms with van der Waals surface area (Å²) in [4.78, 5) is 32.0. The second-order valence-electron chi connectivity index (χ2n) is 11.1. The van der Waals surface area contributed by atoms with Gasteiger partial charge < -0.3 is 15.1 Å². The maximum Gasteiger partial charge on any atom is 0.272 e. The van der Waals surface area contributed by atoms with Crippen LogP contribution in [0.25, 0.3) is 10.9 Å². The zero-order chi connectivity index (χ0) is 24.7. The Hall–Kier alpha value is -2.45. The van der Waals surface area contributed by atoms with Gasteiger partial charge in [0.05, 0.1) is 5.52 Å². The maximum absolute atomic E-state index is 13.3. The number of nitrogens with zero attached hydrogens (tertiary/aromatic N) is 5. The lowest BCUT2D eigenvalue weighted by Gasteiger charge is -2.40. The first-order valence-electron chi connectivity index (χ1n) is 13.3. The first-order chi connectivity index (χ1) is 16.8. The van der Waals surface area contributed by atoms with E-state index in [2.05, 4.69) is 41.1 Å². The molecular weight excluding hydrogens is 440 g/mol. The number of rotatable bonds is 7. The van der Waals surface area contributed by atoms with Crippen LogP contribution in [-0.2, 0) is 4.79 Å². The number of likely N-dealkylation sites (N-methyl/N-ethyl adjacent to an activating group) is 1. The molecule has 3 fully saturated rings. The summed E-state index contributed by atoms with van der Waals surface area (Å²) in [6.45, 7) is 9.68. The quantitative estimate of drug-likeness (QED) is 0.660. The summed E-state index contributed by atoms with van der Waals surface area (Å²) in [5.74, 6) is 0.140. The van der Waals surface area contributed by atoms with Crippen LogP contribution in [0.1, 0.15) is 69.4 Å². The van der Waals surface area contributed by atoms with Crippen LogP contribution in [0.3, 0.4) is 0 Å². The van der Waals surface area contributed by atoms with E-state index in [1.54, 1.807) is 6.92 Å². The highest BCUT2D eigenvalue weighted by Crippen LogP contribution is 2.36. The molecule has 3 saturated heterocycles. The topological polar surface area (TPSA) is 73.7 Å².